The van der Waals surface area contributed by atoms with Crippen molar-refractivity contribution in [2.75, 3.05) is 6.54 Å². The Bertz CT molecular complexity index is 221. The summed E-state index contributed by atoms with van der Waals surface area (Å²) < 4.78 is 0. The van der Waals surface area contributed by atoms with Gasteiger partial charge in [-0.3, -0.25) is 0 Å². The average Bonchev–Trinajstić information content (AvgIpc) is 2.14. The molecule has 0 fully saturated rings. The maximum Gasteiger partial charge on any atom is 0 e. The van der Waals surface area contributed by atoms with Gasteiger partial charge >= 0.3 is 0 Å². The topological polar surface area (TPSA) is 14.1 Å². The molecule has 0 atom stereocenters. The van der Waals surface area contributed by atoms with Crippen molar-refractivity contribution in [2.45, 2.75) is 26.7 Å². The maximum atomic E-state index is 4.48. The van der Waals surface area contributed by atoms with E-state index in [-0.39, 0.29) is 21.1 Å². The van der Waals surface area contributed by atoms with Gasteiger partial charge in [-0.1, -0.05) is 57.0 Å². The molecule has 0 aliphatic rings. The fraction of sp³-hybridized carbons (Fsp3) is 0.500. The Morgan fingerprint density at radius 1 is 1.14 bits per heavy atom. The Labute approximate surface area is 102 Å². The SMILES string of the molecule is CC(C)CCC[N-]c1ccccc1.[W]. The van der Waals surface area contributed by atoms with Crippen LogP contribution in [0.1, 0.15) is 26.7 Å². The number of para-hydroxylation sites is 1. The summed E-state index contributed by atoms with van der Waals surface area (Å²) in [5.74, 6) is 0.797. The van der Waals surface area contributed by atoms with Crippen LogP contribution in [0.4, 0.5) is 5.69 Å². The maximum absolute atomic E-state index is 4.48. The van der Waals surface area contributed by atoms with Gasteiger partial charge in [-0.15, -0.1) is 12.2 Å². The van der Waals surface area contributed by atoms with E-state index in [1.807, 2.05) is 18.2 Å². The Morgan fingerprint density at radius 3 is 2.36 bits per heavy atom. The minimum atomic E-state index is 0. The van der Waals surface area contributed by atoms with E-state index in [0.717, 1.165) is 18.2 Å². The van der Waals surface area contributed by atoms with Gasteiger partial charge in [-0.25, -0.2) is 0 Å². The molecule has 0 radical (unpaired) electrons. The number of rotatable bonds is 5. The quantitative estimate of drug-likeness (QED) is 0.702. The molecule has 0 spiro atoms. The van der Waals surface area contributed by atoms with Crippen LogP contribution in [-0.4, -0.2) is 6.54 Å². The van der Waals surface area contributed by atoms with Crippen LogP contribution in [0.3, 0.4) is 0 Å². The van der Waals surface area contributed by atoms with E-state index in [4.69, 9.17) is 0 Å². The Balaban J connectivity index is 0.00000169. The van der Waals surface area contributed by atoms with Crippen molar-refractivity contribution in [3.63, 3.8) is 0 Å². The van der Waals surface area contributed by atoms with E-state index in [9.17, 15) is 0 Å². The van der Waals surface area contributed by atoms with Crippen molar-refractivity contribution in [1.82, 2.24) is 0 Å². The standard InChI is InChI=1S/C12H18N.W/c1-11(2)7-6-10-13-12-8-4-3-5-9-12;/h3-5,8-9,11H,6-7,10H2,1-2H3;/q-1;. The molecule has 0 unspecified atom stereocenters. The first-order valence-corrected chi connectivity index (χ1v) is 5.01. The molecular formula is C12H18NW-. The first kappa shape index (κ1) is 13.7. The molecule has 0 aromatic heterocycles. The summed E-state index contributed by atoms with van der Waals surface area (Å²) in [4.78, 5) is 0. The molecule has 0 aliphatic carbocycles. The van der Waals surface area contributed by atoms with Crippen LogP contribution in [0.15, 0.2) is 30.3 Å². The summed E-state index contributed by atoms with van der Waals surface area (Å²) in [6.07, 6.45) is 2.48. The molecule has 1 aromatic rings. The largest absolute Gasteiger partial charge is 0.684 e. The molecule has 0 saturated heterocycles. The molecule has 1 rings (SSSR count). The van der Waals surface area contributed by atoms with Gasteiger partial charge in [-0.2, -0.15) is 0 Å². The van der Waals surface area contributed by atoms with Crippen molar-refractivity contribution in [3.05, 3.63) is 35.6 Å². The van der Waals surface area contributed by atoms with Crippen LogP contribution in [0.25, 0.3) is 5.32 Å². The third-order valence-corrected chi connectivity index (χ3v) is 1.99. The van der Waals surface area contributed by atoms with E-state index in [1.54, 1.807) is 0 Å². The van der Waals surface area contributed by atoms with Crippen LogP contribution in [-0.2, 0) is 21.1 Å². The summed E-state index contributed by atoms with van der Waals surface area (Å²) in [5.41, 5.74) is 1.10. The van der Waals surface area contributed by atoms with E-state index in [0.29, 0.717) is 0 Å². The van der Waals surface area contributed by atoms with Crippen LogP contribution in [0.2, 0.25) is 0 Å². The van der Waals surface area contributed by atoms with Gasteiger partial charge in [0.25, 0.3) is 0 Å². The third-order valence-electron chi connectivity index (χ3n) is 1.99. The third kappa shape index (κ3) is 6.21. The predicted octanol–water partition coefficient (Wildman–Crippen LogP) is 4.13. The summed E-state index contributed by atoms with van der Waals surface area (Å²) in [7, 11) is 0. The normalized spacial score (nSPS) is 9.64. The minimum absolute atomic E-state index is 0. The van der Waals surface area contributed by atoms with Crippen molar-refractivity contribution in [1.29, 1.82) is 0 Å². The summed E-state index contributed by atoms with van der Waals surface area (Å²) in [6.45, 7) is 5.47. The summed E-state index contributed by atoms with van der Waals surface area (Å²) in [5, 5.41) is 4.48. The van der Waals surface area contributed by atoms with Crippen LogP contribution < -0.4 is 0 Å². The number of nitrogens with zero attached hydrogens (tertiary/aromatic N) is 1. The fourth-order valence-electron chi connectivity index (χ4n) is 1.24. The van der Waals surface area contributed by atoms with E-state index in [1.165, 1.54) is 12.8 Å². The van der Waals surface area contributed by atoms with Crippen molar-refractivity contribution in [3.8, 4) is 0 Å². The molecule has 0 N–H and O–H groups in total. The molecule has 0 heterocycles. The van der Waals surface area contributed by atoms with Crippen molar-refractivity contribution >= 4 is 5.69 Å². The van der Waals surface area contributed by atoms with Crippen LogP contribution in [0, 0.1) is 5.92 Å². The van der Waals surface area contributed by atoms with Gasteiger partial charge in [0.05, 0.1) is 0 Å². The van der Waals surface area contributed by atoms with Crippen LogP contribution in [0.5, 0.6) is 0 Å². The molecule has 0 amide bonds. The molecule has 0 saturated carbocycles. The van der Waals surface area contributed by atoms with Crippen molar-refractivity contribution in [2.24, 2.45) is 5.92 Å². The summed E-state index contributed by atoms with van der Waals surface area (Å²) >= 11 is 0. The van der Waals surface area contributed by atoms with Gasteiger partial charge in [0.15, 0.2) is 0 Å². The predicted molar refractivity (Wildman–Crippen MR) is 58.4 cm³/mol. The molecular weight excluding hydrogens is 342 g/mol. The second-order valence-electron chi connectivity index (χ2n) is 3.75. The molecule has 0 aliphatic heterocycles. The minimum Gasteiger partial charge on any atom is -0.684 e. The smallest absolute Gasteiger partial charge is 0 e. The molecule has 1 aromatic carbocycles. The van der Waals surface area contributed by atoms with E-state index >= 15 is 0 Å². The first-order chi connectivity index (χ1) is 6.29. The molecule has 14 heavy (non-hydrogen) atoms. The molecule has 1 nitrogen and oxygen atoms in total. The van der Waals surface area contributed by atoms with E-state index < -0.39 is 0 Å². The van der Waals surface area contributed by atoms with Gasteiger partial charge in [-0.05, 0) is 5.92 Å². The Hall–Kier alpha value is -0.292. The summed E-state index contributed by atoms with van der Waals surface area (Å²) in [6, 6.07) is 10.2. The molecule has 78 valence electrons. The van der Waals surface area contributed by atoms with Crippen LogP contribution >= 0.6 is 0 Å². The number of hydrogen-bond acceptors (Lipinski definition) is 0. The van der Waals surface area contributed by atoms with E-state index in [2.05, 4.69) is 31.3 Å². The fourth-order valence-corrected chi connectivity index (χ4v) is 1.24. The number of hydrogen-bond donors (Lipinski definition) is 0. The van der Waals surface area contributed by atoms with Gasteiger partial charge in [0.2, 0.25) is 0 Å². The number of benzene rings is 1. The zero-order chi connectivity index (χ0) is 9.52. The zero-order valence-corrected chi connectivity index (χ0v) is 11.9. The van der Waals surface area contributed by atoms with Crippen molar-refractivity contribution < 1.29 is 21.1 Å². The second-order valence-corrected chi connectivity index (χ2v) is 3.75. The Morgan fingerprint density at radius 2 is 1.79 bits per heavy atom. The first-order valence-electron chi connectivity index (χ1n) is 5.01. The van der Waals surface area contributed by atoms with Gasteiger partial charge < -0.3 is 5.32 Å². The zero-order valence-electron chi connectivity index (χ0n) is 8.94. The molecule has 2 heteroatoms. The van der Waals surface area contributed by atoms with Gasteiger partial charge in [0.1, 0.15) is 0 Å². The second kappa shape index (κ2) is 8.05. The monoisotopic (exact) mass is 360 g/mol. The Kier molecular flexibility index (Phi) is 7.89. The van der Waals surface area contributed by atoms with Gasteiger partial charge in [0, 0.05) is 21.1 Å². The average molecular weight is 360 g/mol. The molecule has 0 bridgehead atoms.